The molecular weight excluding hydrogens is 224 g/mol. The van der Waals surface area contributed by atoms with Gasteiger partial charge in [0.25, 0.3) is 0 Å². The SMILES string of the molecule is Cc1ccc(Oc2ccc(CN)c(C)n2)cc1C. The van der Waals surface area contributed by atoms with Gasteiger partial charge in [0.2, 0.25) is 5.88 Å². The number of hydrogen-bond donors (Lipinski definition) is 1. The Morgan fingerprint density at radius 3 is 2.44 bits per heavy atom. The summed E-state index contributed by atoms with van der Waals surface area (Å²) in [5.41, 5.74) is 10.0. The fourth-order valence-electron chi connectivity index (χ4n) is 1.74. The van der Waals surface area contributed by atoms with E-state index in [2.05, 4.69) is 18.8 Å². The summed E-state index contributed by atoms with van der Waals surface area (Å²) in [5, 5.41) is 0. The first-order chi connectivity index (χ1) is 8.60. The van der Waals surface area contributed by atoms with Gasteiger partial charge in [-0.2, -0.15) is 0 Å². The molecular formula is C15H18N2O. The molecule has 0 saturated heterocycles. The number of rotatable bonds is 3. The van der Waals surface area contributed by atoms with E-state index in [1.165, 1.54) is 11.1 Å². The lowest BCUT2D eigenvalue weighted by Crippen LogP contribution is -2.01. The minimum absolute atomic E-state index is 0.503. The lowest BCUT2D eigenvalue weighted by Gasteiger charge is -2.09. The van der Waals surface area contributed by atoms with Crippen LogP contribution in [0.1, 0.15) is 22.4 Å². The van der Waals surface area contributed by atoms with E-state index in [0.717, 1.165) is 17.0 Å². The largest absolute Gasteiger partial charge is 0.439 e. The van der Waals surface area contributed by atoms with Crippen molar-refractivity contribution in [1.82, 2.24) is 4.98 Å². The van der Waals surface area contributed by atoms with Crippen LogP contribution in [0, 0.1) is 20.8 Å². The summed E-state index contributed by atoms with van der Waals surface area (Å²) in [6.07, 6.45) is 0. The van der Waals surface area contributed by atoms with Crippen LogP contribution >= 0.6 is 0 Å². The Balaban J connectivity index is 2.23. The minimum Gasteiger partial charge on any atom is -0.439 e. The number of aromatic nitrogens is 1. The normalized spacial score (nSPS) is 10.4. The first-order valence-corrected chi connectivity index (χ1v) is 6.02. The first-order valence-electron chi connectivity index (χ1n) is 6.02. The number of benzene rings is 1. The topological polar surface area (TPSA) is 48.1 Å². The second-order valence-electron chi connectivity index (χ2n) is 4.45. The number of hydrogen-bond acceptors (Lipinski definition) is 3. The van der Waals surface area contributed by atoms with E-state index in [1.807, 2.05) is 37.3 Å². The molecule has 2 rings (SSSR count). The van der Waals surface area contributed by atoms with Crippen LogP contribution < -0.4 is 10.5 Å². The van der Waals surface area contributed by atoms with Crippen LogP contribution in [0.4, 0.5) is 0 Å². The second kappa shape index (κ2) is 5.19. The minimum atomic E-state index is 0.503. The van der Waals surface area contributed by atoms with Crippen molar-refractivity contribution < 1.29 is 4.74 Å². The highest BCUT2D eigenvalue weighted by atomic mass is 16.5. The van der Waals surface area contributed by atoms with Gasteiger partial charge in [0.15, 0.2) is 0 Å². The lowest BCUT2D eigenvalue weighted by atomic mass is 10.1. The van der Waals surface area contributed by atoms with Gasteiger partial charge in [0.05, 0.1) is 0 Å². The number of nitrogens with two attached hydrogens (primary N) is 1. The molecule has 3 heteroatoms. The van der Waals surface area contributed by atoms with E-state index in [0.29, 0.717) is 12.4 Å². The molecule has 3 nitrogen and oxygen atoms in total. The summed E-state index contributed by atoms with van der Waals surface area (Å²) < 4.78 is 5.74. The third-order valence-electron chi connectivity index (χ3n) is 3.09. The van der Waals surface area contributed by atoms with Crippen molar-refractivity contribution in [2.24, 2.45) is 5.73 Å². The fraction of sp³-hybridized carbons (Fsp3) is 0.267. The molecule has 18 heavy (non-hydrogen) atoms. The van der Waals surface area contributed by atoms with Gasteiger partial charge in [-0.3, -0.25) is 0 Å². The number of nitrogens with zero attached hydrogens (tertiary/aromatic N) is 1. The zero-order chi connectivity index (χ0) is 13.1. The molecule has 0 fully saturated rings. The fourth-order valence-corrected chi connectivity index (χ4v) is 1.74. The van der Waals surface area contributed by atoms with Crippen molar-refractivity contribution >= 4 is 0 Å². The zero-order valence-electron chi connectivity index (χ0n) is 11.0. The Hall–Kier alpha value is -1.87. The molecule has 0 saturated carbocycles. The average molecular weight is 242 g/mol. The smallest absolute Gasteiger partial charge is 0.219 e. The first kappa shape index (κ1) is 12.6. The Kier molecular flexibility index (Phi) is 3.63. The lowest BCUT2D eigenvalue weighted by molar-refractivity contribution is 0.460. The summed E-state index contributed by atoms with van der Waals surface area (Å²) in [4.78, 5) is 4.39. The maximum Gasteiger partial charge on any atom is 0.219 e. The standard InChI is InChI=1S/C15H18N2O/c1-10-4-6-14(8-11(10)2)18-15-7-5-13(9-16)12(3)17-15/h4-8H,9,16H2,1-3H3. The van der Waals surface area contributed by atoms with Crippen LogP contribution in [0.2, 0.25) is 0 Å². The summed E-state index contributed by atoms with van der Waals surface area (Å²) in [5.74, 6) is 1.42. The Morgan fingerprint density at radius 1 is 1.06 bits per heavy atom. The van der Waals surface area contributed by atoms with E-state index >= 15 is 0 Å². The van der Waals surface area contributed by atoms with E-state index in [4.69, 9.17) is 10.5 Å². The molecule has 0 atom stereocenters. The van der Waals surface area contributed by atoms with Gasteiger partial charge in [-0.15, -0.1) is 0 Å². The number of pyridine rings is 1. The van der Waals surface area contributed by atoms with Crippen molar-refractivity contribution in [2.75, 3.05) is 0 Å². The van der Waals surface area contributed by atoms with Crippen LogP contribution in [0.5, 0.6) is 11.6 Å². The molecule has 2 N–H and O–H groups in total. The highest BCUT2D eigenvalue weighted by molar-refractivity contribution is 5.36. The average Bonchev–Trinajstić information content (AvgIpc) is 2.34. The van der Waals surface area contributed by atoms with Crippen molar-refractivity contribution in [1.29, 1.82) is 0 Å². The molecule has 0 aliphatic carbocycles. The molecule has 0 unspecified atom stereocenters. The van der Waals surface area contributed by atoms with E-state index in [9.17, 15) is 0 Å². The van der Waals surface area contributed by atoms with Crippen LogP contribution in [-0.2, 0) is 6.54 Å². The highest BCUT2D eigenvalue weighted by Crippen LogP contribution is 2.23. The van der Waals surface area contributed by atoms with E-state index < -0.39 is 0 Å². The van der Waals surface area contributed by atoms with Gasteiger partial charge < -0.3 is 10.5 Å². The maximum absolute atomic E-state index is 5.74. The van der Waals surface area contributed by atoms with Gasteiger partial charge in [-0.1, -0.05) is 12.1 Å². The molecule has 0 bridgehead atoms. The van der Waals surface area contributed by atoms with Crippen LogP contribution in [0.3, 0.4) is 0 Å². The number of aryl methyl sites for hydroxylation is 3. The molecule has 1 aromatic heterocycles. The van der Waals surface area contributed by atoms with Gasteiger partial charge in [-0.25, -0.2) is 4.98 Å². The summed E-state index contributed by atoms with van der Waals surface area (Å²) >= 11 is 0. The van der Waals surface area contributed by atoms with Crippen molar-refractivity contribution in [3.8, 4) is 11.6 Å². The quantitative estimate of drug-likeness (QED) is 0.898. The Labute approximate surface area is 108 Å². The Bertz CT molecular complexity index is 564. The number of ether oxygens (including phenoxy) is 1. The molecule has 0 aliphatic heterocycles. The van der Waals surface area contributed by atoms with Crippen LogP contribution in [0.25, 0.3) is 0 Å². The monoisotopic (exact) mass is 242 g/mol. The molecule has 0 amide bonds. The van der Waals surface area contributed by atoms with Gasteiger partial charge in [0, 0.05) is 18.3 Å². The molecule has 2 aromatic rings. The van der Waals surface area contributed by atoms with Gasteiger partial charge >= 0.3 is 0 Å². The second-order valence-corrected chi connectivity index (χ2v) is 4.45. The summed E-state index contributed by atoms with van der Waals surface area (Å²) in [6, 6.07) is 9.83. The maximum atomic E-state index is 5.74. The van der Waals surface area contributed by atoms with Gasteiger partial charge in [-0.05, 0) is 49.6 Å². The van der Waals surface area contributed by atoms with Crippen molar-refractivity contribution in [2.45, 2.75) is 27.3 Å². The predicted molar refractivity (Wildman–Crippen MR) is 72.9 cm³/mol. The molecule has 0 spiro atoms. The van der Waals surface area contributed by atoms with E-state index in [-0.39, 0.29) is 0 Å². The van der Waals surface area contributed by atoms with Crippen molar-refractivity contribution in [3.05, 3.63) is 52.7 Å². The van der Waals surface area contributed by atoms with E-state index in [1.54, 1.807) is 0 Å². The predicted octanol–water partition coefficient (Wildman–Crippen LogP) is 3.26. The molecule has 1 aromatic carbocycles. The third-order valence-corrected chi connectivity index (χ3v) is 3.09. The Morgan fingerprint density at radius 2 is 1.83 bits per heavy atom. The highest BCUT2D eigenvalue weighted by Gasteiger charge is 2.03. The summed E-state index contributed by atoms with van der Waals surface area (Å²) in [7, 11) is 0. The van der Waals surface area contributed by atoms with Crippen LogP contribution in [-0.4, -0.2) is 4.98 Å². The summed E-state index contributed by atoms with van der Waals surface area (Å²) in [6.45, 7) is 6.59. The molecule has 1 heterocycles. The third kappa shape index (κ3) is 2.68. The van der Waals surface area contributed by atoms with Crippen molar-refractivity contribution in [3.63, 3.8) is 0 Å². The molecule has 0 radical (unpaired) electrons. The molecule has 0 aliphatic rings. The van der Waals surface area contributed by atoms with Crippen LogP contribution in [0.15, 0.2) is 30.3 Å². The molecule has 94 valence electrons. The zero-order valence-corrected chi connectivity index (χ0v) is 11.0. The van der Waals surface area contributed by atoms with Gasteiger partial charge in [0.1, 0.15) is 5.75 Å².